The molecule has 1 aliphatic heterocycles. The molecule has 0 bridgehead atoms. The molecule has 2 N–H and O–H groups in total. The first-order valence-corrected chi connectivity index (χ1v) is 8.45. The van der Waals surface area contributed by atoms with Gasteiger partial charge in [0.25, 0.3) is 5.91 Å². The molecule has 3 rings (SSSR count). The molecule has 4 amide bonds. The Hall–Kier alpha value is -3.22. The van der Waals surface area contributed by atoms with Gasteiger partial charge >= 0.3 is 6.03 Å². The zero-order chi connectivity index (χ0) is 18.4. The predicted molar refractivity (Wildman–Crippen MR) is 94.6 cm³/mol. The van der Waals surface area contributed by atoms with Crippen molar-refractivity contribution in [2.75, 3.05) is 0 Å². The Morgan fingerprint density at radius 1 is 1.08 bits per heavy atom. The third-order valence-electron chi connectivity index (χ3n) is 4.19. The van der Waals surface area contributed by atoms with Crippen molar-refractivity contribution in [3.63, 3.8) is 0 Å². The van der Waals surface area contributed by atoms with E-state index >= 15 is 0 Å². The summed E-state index contributed by atoms with van der Waals surface area (Å²) in [6, 6.07) is 11.9. The monoisotopic (exact) mass is 352 g/mol. The number of nitrogens with zero attached hydrogens (tertiary/aromatic N) is 2. The number of pyridine rings is 1. The minimum Gasteiger partial charge on any atom is -0.352 e. The lowest BCUT2D eigenvalue weighted by Crippen LogP contribution is -2.32. The van der Waals surface area contributed by atoms with E-state index in [2.05, 4.69) is 15.6 Å². The van der Waals surface area contributed by atoms with Crippen molar-refractivity contribution in [2.45, 2.75) is 32.0 Å². The number of aromatic nitrogens is 1. The van der Waals surface area contributed by atoms with Crippen LogP contribution in [0.15, 0.2) is 54.9 Å². The van der Waals surface area contributed by atoms with Crippen LogP contribution in [0.2, 0.25) is 0 Å². The molecule has 26 heavy (non-hydrogen) atoms. The average Bonchev–Trinajstić information content (AvgIpc) is 2.94. The summed E-state index contributed by atoms with van der Waals surface area (Å²) in [5.41, 5.74) is 1.83. The summed E-state index contributed by atoms with van der Waals surface area (Å²) >= 11 is 0. The number of amides is 4. The van der Waals surface area contributed by atoms with E-state index in [4.69, 9.17) is 0 Å². The number of rotatable bonds is 7. The molecule has 134 valence electrons. The Balaban J connectivity index is 1.47. The first-order chi connectivity index (χ1) is 12.6. The van der Waals surface area contributed by atoms with Crippen LogP contribution in [0.25, 0.3) is 0 Å². The second-order valence-corrected chi connectivity index (χ2v) is 6.08. The predicted octanol–water partition coefficient (Wildman–Crippen LogP) is 1.60. The van der Waals surface area contributed by atoms with Gasteiger partial charge in [-0.15, -0.1) is 0 Å². The summed E-state index contributed by atoms with van der Waals surface area (Å²) in [5, 5.41) is 5.45. The normalized spacial score (nSPS) is 16.5. The molecular formula is C19H20N4O3. The summed E-state index contributed by atoms with van der Waals surface area (Å²) in [6.07, 6.45) is 3.77. The van der Waals surface area contributed by atoms with Crippen LogP contribution >= 0.6 is 0 Å². The van der Waals surface area contributed by atoms with Gasteiger partial charge in [-0.05, 0) is 29.7 Å². The second-order valence-electron chi connectivity index (χ2n) is 6.08. The molecule has 0 saturated carbocycles. The van der Waals surface area contributed by atoms with Crippen LogP contribution < -0.4 is 10.6 Å². The van der Waals surface area contributed by atoms with Gasteiger partial charge in [0.15, 0.2) is 0 Å². The molecule has 2 aromatic rings. The second kappa shape index (κ2) is 8.24. The fraction of sp³-hybridized carbons (Fsp3) is 0.263. The Morgan fingerprint density at radius 2 is 1.81 bits per heavy atom. The van der Waals surface area contributed by atoms with Crippen molar-refractivity contribution in [1.82, 2.24) is 20.5 Å². The van der Waals surface area contributed by atoms with Gasteiger partial charge in [0.1, 0.15) is 6.04 Å². The maximum absolute atomic E-state index is 12.4. The zero-order valence-corrected chi connectivity index (χ0v) is 14.2. The minimum atomic E-state index is -0.655. The summed E-state index contributed by atoms with van der Waals surface area (Å²) in [6.45, 7) is 0.642. The summed E-state index contributed by atoms with van der Waals surface area (Å²) in [7, 11) is 0. The van der Waals surface area contributed by atoms with Crippen molar-refractivity contribution in [2.24, 2.45) is 0 Å². The Bertz CT molecular complexity index is 780. The molecule has 1 saturated heterocycles. The zero-order valence-electron chi connectivity index (χ0n) is 14.2. The van der Waals surface area contributed by atoms with Crippen molar-refractivity contribution < 1.29 is 14.4 Å². The van der Waals surface area contributed by atoms with Crippen molar-refractivity contribution in [3.8, 4) is 0 Å². The standard InChI is InChI=1S/C19H20N4O3/c24-17(21-12-14-8-10-20-11-9-14)7-6-16-18(25)23(19(26)22-16)13-15-4-2-1-3-5-15/h1-5,8-11,16H,6-7,12-13H2,(H,21,24)(H,22,26)/t16-/m0/s1. The van der Waals surface area contributed by atoms with E-state index in [1.165, 1.54) is 4.90 Å². The van der Waals surface area contributed by atoms with Gasteiger partial charge in [-0.3, -0.25) is 19.5 Å². The number of imide groups is 1. The Labute approximate surface area is 151 Å². The number of urea groups is 1. The van der Waals surface area contributed by atoms with Gasteiger partial charge in [-0.25, -0.2) is 4.79 Å². The smallest absolute Gasteiger partial charge is 0.325 e. The summed E-state index contributed by atoms with van der Waals surface area (Å²) in [4.78, 5) is 41.5. The van der Waals surface area contributed by atoms with Gasteiger partial charge in [0.05, 0.1) is 6.54 Å². The van der Waals surface area contributed by atoms with Crippen LogP contribution in [0, 0.1) is 0 Å². The average molecular weight is 352 g/mol. The quantitative estimate of drug-likeness (QED) is 0.741. The number of hydrogen-bond donors (Lipinski definition) is 2. The van der Waals surface area contributed by atoms with Crippen LogP contribution in [-0.2, 0) is 22.7 Å². The van der Waals surface area contributed by atoms with Gasteiger partial charge in [-0.2, -0.15) is 0 Å². The fourth-order valence-corrected chi connectivity index (χ4v) is 2.75. The molecule has 0 aliphatic carbocycles. The molecule has 1 atom stereocenters. The molecule has 7 heteroatoms. The van der Waals surface area contributed by atoms with Crippen molar-refractivity contribution in [3.05, 3.63) is 66.0 Å². The van der Waals surface area contributed by atoms with Gasteiger partial charge in [-0.1, -0.05) is 30.3 Å². The highest BCUT2D eigenvalue weighted by Crippen LogP contribution is 2.15. The molecule has 1 aliphatic rings. The van der Waals surface area contributed by atoms with Gasteiger partial charge in [0.2, 0.25) is 5.91 Å². The Morgan fingerprint density at radius 3 is 2.54 bits per heavy atom. The van der Waals surface area contributed by atoms with Crippen LogP contribution in [0.4, 0.5) is 4.79 Å². The third-order valence-corrected chi connectivity index (χ3v) is 4.19. The van der Waals surface area contributed by atoms with Crippen LogP contribution in [-0.4, -0.2) is 33.8 Å². The van der Waals surface area contributed by atoms with Crippen LogP contribution in [0.3, 0.4) is 0 Å². The third kappa shape index (κ3) is 4.44. The number of hydrogen-bond acceptors (Lipinski definition) is 4. The van der Waals surface area contributed by atoms with E-state index in [0.29, 0.717) is 6.54 Å². The topological polar surface area (TPSA) is 91.4 Å². The highest BCUT2D eigenvalue weighted by molar-refractivity contribution is 6.04. The summed E-state index contributed by atoms with van der Waals surface area (Å²) in [5.74, 6) is -0.453. The largest absolute Gasteiger partial charge is 0.352 e. The van der Waals surface area contributed by atoms with E-state index in [0.717, 1.165) is 11.1 Å². The highest BCUT2D eigenvalue weighted by atomic mass is 16.2. The number of carbonyl (C=O) groups excluding carboxylic acids is 3. The molecule has 1 fully saturated rings. The molecular weight excluding hydrogens is 332 g/mol. The molecule has 1 aromatic heterocycles. The lowest BCUT2D eigenvalue weighted by molar-refractivity contribution is -0.128. The number of carbonyl (C=O) groups is 3. The first-order valence-electron chi connectivity index (χ1n) is 8.45. The van der Waals surface area contributed by atoms with Crippen molar-refractivity contribution in [1.29, 1.82) is 0 Å². The molecule has 2 heterocycles. The van der Waals surface area contributed by atoms with E-state index in [1.807, 2.05) is 42.5 Å². The van der Waals surface area contributed by atoms with E-state index in [-0.39, 0.29) is 31.2 Å². The maximum Gasteiger partial charge on any atom is 0.325 e. The van der Waals surface area contributed by atoms with Crippen LogP contribution in [0.1, 0.15) is 24.0 Å². The fourth-order valence-electron chi connectivity index (χ4n) is 2.75. The number of nitrogens with one attached hydrogen (secondary N) is 2. The molecule has 1 aromatic carbocycles. The molecule has 0 spiro atoms. The van der Waals surface area contributed by atoms with Gasteiger partial charge in [0, 0.05) is 25.4 Å². The summed E-state index contributed by atoms with van der Waals surface area (Å²) < 4.78 is 0. The van der Waals surface area contributed by atoms with Crippen molar-refractivity contribution >= 4 is 17.8 Å². The minimum absolute atomic E-state index is 0.162. The SMILES string of the molecule is O=C(CC[C@@H]1NC(=O)N(Cc2ccccc2)C1=O)NCc1ccncc1. The van der Waals surface area contributed by atoms with E-state index < -0.39 is 12.1 Å². The highest BCUT2D eigenvalue weighted by Gasteiger charge is 2.37. The Kier molecular flexibility index (Phi) is 5.58. The molecule has 0 radical (unpaired) electrons. The maximum atomic E-state index is 12.4. The molecule has 7 nitrogen and oxygen atoms in total. The molecule has 0 unspecified atom stereocenters. The van der Waals surface area contributed by atoms with E-state index in [9.17, 15) is 14.4 Å². The first kappa shape index (κ1) is 17.6. The van der Waals surface area contributed by atoms with Crippen LogP contribution in [0.5, 0.6) is 0 Å². The van der Waals surface area contributed by atoms with E-state index in [1.54, 1.807) is 12.4 Å². The lowest BCUT2D eigenvalue weighted by atomic mass is 10.1. The lowest BCUT2D eigenvalue weighted by Gasteiger charge is -2.13. The number of benzene rings is 1. The van der Waals surface area contributed by atoms with Gasteiger partial charge < -0.3 is 10.6 Å².